The molecular formula is C26H49AgF4NO8Si2. The molecule has 0 bridgehead atoms. The van der Waals surface area contributed by atoms with Crippen LogP contribution in [0.5, 0.6) is 0 Å². The van der Waals surface area contributed by atoms with Crippen molar-refractivity contribution in [1.29, 1.82) is 0 Å². The van der Waals surface area contributed by atoms with Crippen molar-refractivity contribution in [2.24, 2.45) is 0 Å². The van der Waals surface area contributed by atoms with Crippen LogP contribution in [-0.2, 0) is 40.7 Å². The molecule has 2 N–H and O–H groups in total. The topological polar surface area (TPSA) is 121 Å². The van der Waals surface area contributed by atoms with Crippen molar-refractivity contribution in [3.8, 4) is 11.8 Å². The predicted octanol–water partition coefficient (Wildman–Crippen LogP) is 6.64. The van der Waals surface area contributed by atoms with E-state index in [4.69, 9.17) is 38.8 Å². The van der Waals surface area contributed by atoms with E-state index >= 15 is 0 Å². The van der Waals surface area contributed by atoms with Crippen molar-refractivity contribution in [3.05, 3.63) is 21.9 Å². The molecule has 2 heterocycles. The molecule has 0 spiro atoms. The Bertz CT molecular complexity index is 869. The Morgan fingerprint density at radius 3 is 1.76 bits per heavy atom. The summed E-state index contributed by atoms with van der Waals surface area (Å²) in [5, 5.41) is 22.1. The minimum absolute atomic E-state index is 0. The first-order valence-electron chi connectivity index (χ1n) is 13.2. The minimum Gasteiger partial charge on any atom is -0.489 e. The molecular weight excluding hydrogens is 694 g/mol. The largest absolute Gasteiger partial charge is 0.489 e. The number of hydrogen-bond donors (Lipinski definition) is 2. The summed E-state index contributed by atoms with van der Waals surface area (Å²) in [6.45, 7) is 21.1. The van der Waals surface area contributed by atoms with Crippen LogP contribution in [0.1, 0.15) is 54.4 Å². The zero-order valence-corrected chi connectivity index (χ0v) is 29.8. The second kappa shape index (κ2) is 19.4. The Morgan fingerprint density at radius 2 is 1.45 bits per heavy atom. The van der Waals surface area contributed by atoms with E-state index in [1.807, 2.05) is 13.1 Å². The third kappa shape index (κ3) is 21.7. The first kappa shape index (κ1) is 45.5. The van der Waals surface area contributed by atoms with Crippen LogP contribution in [0.2, 0.25) is 36.3 Å². The fraction of sp³-hybridized carbons (Fsp3) is 0.846. The molecule has 1 fully saturated rings. The molecule has 0 unspecified atom stereocenters. The Hall–Kier alpha value is -0.966. The summed E-state index contributed by atoms with van der Waals surface area (Å²) < 4.78 is 71.9. The molecule has 0 amide bonds. The first-order valence-corrected chi connectivity index (χ1v) is 19.0. The van der Waals surface area contributed by atoms with E-state index in [1.165, 1.54) is 12.8 Å². The standard InChI is InChI=1S/2C11H20F2O2Si.C4H8O.Ag.HNO3/c1-10(2,3)16(4,5)15-7-9-6-11(12,13)8-14-9;1-10(2,3)16(4,5)15-8-6-7-11(12,13)9-14;1-2-4-5-3-1;;2-1(3)4/h6H,7-8H2,1-5H3;14H,8-9H2,1-5H3;1-4H2;;(H,2,3,4). The van der Waals surface area contributed by atoms with E-state index in [0.717, 1.165) is 19.3 Å². The molecule has 9 nitrogen and oxygen atoms in total. The van der Waals surface area contributed by atoms with Gasteiger partial charge in [-0.1, -0.05) is 47.5 Å². The van der Waals surface area contributed by atoms with Gasteiger partial charge >= 0.3 is 11.8 Å². The Morgan fingerprint density at radius 1 is 1.02 bits per heavy atom. The number of ether oxygens (including phenoxy) is 2. The van der Waals surface area contributed by atoms with Gasteiger partial charge in [-0.3, -0.25) is 0 Å². The van der Waals surface area contributed by atoms with E-state index in [1.54, 1.807) is 5.92 Å². The van der Waals surface area contributed by atoms with Gasteiger partial charge in [-0.25, -0.2) is 0 Å². The maximum atomic E-state index is 12.8. The molecule has 2 aliphatic rings. The van der Waals surface area contributed by atoms with Crippen LogP contribution in [-0.4, -0.2) is 83.5 Å². The summed E-state index contributed by atoms with van der Waals surface area (Å²) >= 11 is 0. The van der Waals surface area contributed by atoms with Crippen molar-refractivity contribution in [3.63, 3.8) is 0 Å². The van der Waals surface area contributed by atoms with Gasteiger partial charge in [0.25, 0.3) is 5.09 Å². The second-order valence-corrected chi connectivity index (χ2v) is 22.1. The van der Waals surface area contributed by atoms with Gasteiger partial charge in [0.2, 0.25) is 0 Å². The van der Waals surface area contributed by atoms with Crippen LogP contribution in [0.3, 0.4) is 0 Å². The molecule has 0 aromatic heterocycles. The molecule has 0 aliphatic carbocycles. The molecule has 1 radical (unpaired) electrons. The summed E-state index contributed by atoms with van der Waals surface area (Å²) in [6, 6.07) is 0. The number of hydrogen-bond acceptors (Lipinski definition) is 7. The molecule has 0 saturated carbocycles. The van der Waals surface area contributed by atoms with E-state index < -0.39 is 46.8 Å². The van der Waals surface area contributed by atoms with Crippen molar-refractivity contribution in [1.82, 2.24) is 0 Å². The fourth-order valence-electron chi connectivity index (χ4n) is 2.21. The molecule has 0 aromatic carbocycles. The number of rotatable bonds is 6. The molecule has 253 valence electrons. The maximum absolute atomic E-state index is 12.8. The molecule has 0 atom stereocenters. The van der Waals surface area contributed by atoms with Gasteiger partial charge in [-0.15, -0.1) is 10.1 Å². The van der Waals surface area contributed by atoms with Crippen LogP contribution in [0.4, 0.5) is 17.6 Å². The van der Waals surface area contributed by atoms with Crippen molar-refractivity contribution >= 4 is 16.6 Å². The zero-order chi connectivity index (χ0) is 32.8. The van der Waals surface area contributed by atoms with Crippen molar-refractivity contribution in [2.75, 3.05) is 39.6 Å². The van der Waals surface area contributed by atoms with E-state index in [0.29, 0.717) is 0 Å². The number of alkyl halides is 4. The molecule has 2 rings (SSSR count). The third-order valence-corrected chi connectivity index (χ3v) is 15.8. The monoisotopic (exact) mass is 742 g/mol. The minimum atomic E-state index is -3.32. The molecule has 1 saturated heterocycles. The van der Waals surface area contributed by atoms with Crippen LogP contribution in [0.15, 0.2) is 11.8 Å². The Labute approximate surface area is 265 Å². The zero-order valence-electron chi connectivity index (χ0n) is 26.3. The molecule has 16 heteroatoms. The smallest absolute Gasteiger partial charge is 0.330 e. The van der Waals surface area contributed by atoms with E-state index in [2.05, 4.69) is 60.6 Å². The number of halogens is 4. The van der Waals surface area contributed by atoms with Gasteiger partial charge in [0.15, 0.2) is 23.2 Å². The quantitative estimate of drug-likeness (QED) is 0.102. The third-order valence-electron chi connectivity index (χ3n) is 6.81. The van der Waals surface area contributed by atoms with Gasteiger partial charge in [0.1, 0.15) is 12.4 Å². The number of aliphatic hydroxyl groups excluding tert-OH is 1. The summed E-state index contributed by atoms with van der Waals surface area (Å²) in [7, 11) is -3.81. The molecule has 0 aromatic rings. The van der Waals surface area contributed by atoms with Crippen molar-refractivity contribution in [2.45, 2.75) is 102 Å². The maximum Gasteiger partial charge on any atom is 0.330 e. The number of nitrogens with zero attached hydrogens (tertiary/aromatic N) is 1. The van der Waals surface area contributed by atoms with Crippen molar-refractivity contribution < 1.29 is 73.7 Å². The predicted molar refractivity (Wildman–Crippen MR) is 154 cm³/mol. The second-order valence-electron chi connectivity index (χ2n) is 12.5. The van der Waals surface area contributed by atoms with E-state index in [9.17, 15) is 17.6 Å². The molecule has 2 aliphatic heterocycles. The van der Waals surface area contributed by atoms with Gasteiger partial charge in [0, 0.05) is 41.7 Å². The normalized spacial score (nSPS) is 16.3. The average Bonchev–Trinajstić information content (AvgIpc) is 3.47. The number of aliphatic hydroxyl groups is 1. The SMILES string of the molecule is C1CCOC1.CC(C)(C)[Si](C)(C)OCC#CC(F)(F)CO.CC(C)(C)[Si](C)(C)OCC1=CC(F)(F)CO1.O=[N+]([O-])O.[Ag]. The Kier molecular flexibility index (Phi) is 21.0. The summed E-state index contributed by atoms with van der Waals surface area (Å²) in [5.41, 5.74) is 0. The summed E-state index contributed by atoms with van der Waals surface area (Å²) in [6.07, 6.45) is 3.42. The molecule has 42 heavy (non-hydrogen) atoms. The van der Waals surface area contributed by atoms with Gasteiger partial charge in [0.05, 0.1) is 13.2 Å². The summed E-state index contributed by atoms with van der Waals surface area (Å²) in [5.74, 6) is -1.94. The van der Waals surface area contributed by atoms with Crippen LogP contribution < -0.4 is 0 Å². The first-order chi connectivity index (χ1) is 18.3. The van der Waals surface area contributed by atoms with Crippen LogP contribution in [0, 0.1) is 22.0 Å². The van der Waals surface area contributed by atoms with E-state index in [-0.39, 0.29) is 51.4 Å². The average molecular weight is 744 g/mol. The Balaban J connectivity index is -0.000000548. The van der Waals surface area contributed by atoms with Crippen LogP contribution >= 0.6 is 0 Å². The van der Waals surface area contributed by atoms with Gasteiger partial charge in [-0.05, 0) is 55.0 Å². The van der Waals surface area contributed by atoms with Gasteiger partial charge < -0.3 is 28.6 Å². The van der Waals surface area contributed by atoms with Crippen LogP contribution in [0.25, 0.3) is 0 Å². The summed E-state index contributed by atoms with van der Waals surface area (Å²) in [4.78, 5) is 8.36. The van der Waals surface area contributed by atoms with Gasteiger partial charge in [-0.2, -0.15) is 17.6 Å². The fourth-order valence-corrected chi connectivity index (χ4v) is 4.01.